The summed E-state index contributed by atoms with van der Waals surface area (Å²) in [4.78, 5) is 4.37. The Labute approximate surface area is 122 Å². The Morgan fingerprint density at radius 2 is 2.05 bits per heavy atom. The Hall–Kier alpha value is -2.47. The van der Waals surface area contributed by atoms with Crippen molar-refractivity contribution in [2.45, 2.75) is 26.4 Å². The summed E-state index contributed by atoms with van der Waals surface area (Å²) in [6.07, 6.45) is 3.60. The summed E-state index contributed by atoms with van der Waals surface area (Å²) in [5.41, 5.74) is 1.80. The van der Waals surface area contributed by atoms with E-state index in [1.165, 1.54) is 0 Å². The summed E-state index contributed by atoms with van der Waals surface area (Å²) < 4.78 is 7.06. The van der Waals surface area contributed by atoms with Gasteiger partial charge in [-0.25, -0.2) is 4.68 Å². The highest BCUT2D eigenvalue weighted by Gasteiger charge is 2.11. The van der Waals surface area contributed by atoms with Crippen LogP contribution in [-0.2, 0) is 6.54 Å². The fourth-order valence-electron chi connectivity index (χ4n) is 1.89. The fraction of sp³-hybridized carbons (Fsp3) is 0.267. The average molecular weight is 283 g/mol. The maximum atomic E-state index is 5.28. The van der Waals surface area contributed by atoms with Crippen LogP contribution in [0.3, 0.4) is 0 Å². The van der Waals surface area contributed by atoms with E-state index in [0.717, 1.165) is 11.3 Å². The molecule has 3 aromatic rings. The minimum atomic E-state index is 0.382. The Kier molecular flexibility index (Phi) is 3.79. The molecule has 0 atom stereocenters. The number of benzene rings is 1. The van der Waals surface area contributed by atoms with E-state index in [-0.39, 0.29) is 0 Å². The van der Waals surface area contributed by atoms with E-state index < -0.39 is 0 Å². The zero-order chi connectivity index (χ0) is 14.7. The summed E-state index contributed by atoms with van der Waals surface area (Å²) in [5.74, 6) is 1.13. The van der Waals surface area contributed by atoms with Crippen molar-refractivity contribution in [3.05, 3.63) is 48.5 Å². The van der Waals surface area contributed by atoms with Crippen LogP contribution in [0, 0.1) is 0 Å². The lowest BCUT2D eigenvalue weighted by molar-refractivity contribution is 0.417. The van der Waals surface area contributed by atoms with Gasteiger partial charge in [0, 0.05) is 12.2 Å². The van der Waals surface area contributed by atoms with Gasteiger partial charge in [0.05, 0.1) is 24.0 Å². The zero-order valence-corrected chi connectivity index (χ0v) is 12.0. The molecule has 1 aromatic carbocycles. The van der Waals surface area contributed by atoms with Gasteiger partial charge in [-0.1, -0.05) is 37.2 Å². The molecule has 2 heterocycles. The van der Waals surface area contributed by atoms with Crippen LogP contribution in [0.1, 0.15) is 19.7 Å². The van der Waals surface area contributed by atoms with Gasteiger partial charge in [-0.05, 0) is 12.1 Å². The van der Waals surface area contributed by atoms with Crippen molar-refractivity contribution in [2.75, 3.05) is 0 Å². The minimum absolute atomic E-state index is 0.382. The predicted octanol–water partition coefficient (Wildman–Crippen LogP) is 2.42. The lowest BCUT2D eigenvalue weighted by Gasteiger charge is -2.02. The van der Waals surface area contributed by atoms with Gasteiger partial charge >= 0.3 is 0 Å². The third kappa shape index (κ3) is 3.17. The highest BCUT2D eigenvalue weighted by Crippen LogP contribution is 2.18. The lowest BCUT2D eigenvalue weighted by Crippen LogP contribution is -2.22. The van der Waals surface area contributed by atoms with E-state index in [0.29, 0.717) is 24.3 Å². The number of para-hydroxylation sites is 1. The number of hydrogen-bond donors (Lipinski definition) is 1. The monoisotopic (exact) mass is 283 g/mol. The van der Waals surface area contributed by atoms with Crippen LogP contribution in [0.15, 0.2) is 47.2 Å². The largest absolute Gasteiger partial charge is 0.334 e. The van der Waals surface area contributed by atoms with Crippen molar-refractivity contribution >= 4 is 0 Å². The van der Waals surface area contributed by atoms with Crippen LogP contribution in [-0.4, -0.2) is 26.0 Å². The third-order valence-electron chi connectivity index (χ3n) is 2.99. The second-order valence-electron chi connectivity index (χ2n) is 5.06. The number of nitrogens with zero attached hydrogens (tertiary/aromatic N) is 4. The fourth-order valence-corrected chi connectivity index (χ4v) is 1.89. The Morgan fingerprint density at radius 3 is 2.81 bits per heavy atom. The quantitative estimate of drug-likeness (QED) is 0.778. The number of rotatable bonds is 5. The number of aromatic nitrogens is 4. The zero-order valence-electron chi connectivity index (χ0n) is 12.0. The van der Waals surface area contributed by atoms with Crippen molar-refractivity contribution in [1.82, 2.24) is 25.2 Å². The molecule has 0 aliphatic rings. The Morgan fingerprint density at radius 1 is 1.24 bits per heavy atom. The molecule has 0 spiro atoms. The summed E-state index contributed by atoms with van der Waals surface area (Å²) in [7, 11) is 0. The first-order valence-corrected chi connectivity index (χ1v) is 6.89. The molecule has 1 N–H and O–H groups in total. The summed E-state index contributed by atoms with van der Waals surface area (Å²) in [5, 5.41) is 11.5. The smallest absolute Gasteiger partial charge is 0.261 e. The summed E-state index contributed by atoms with van der Waals surface area (Å²) in [6, 6.07) is 10.3. The number of nitrogens with one attached hydrogen (secondary N) is 1. The third-order valence-corrected chi connectivity index (χ3v) is 2.99. The molecule has 0 saturated heterocycles. The van der Waals surface area contributed by atoms with Crippen molar-refractivity contribution in [2.24, 2.45) is 0 Å². The van der Waals surface area contributed by atoms with E-state index >= 15 is 0 Å². The van der Waals surface area contributed by atoms with E-state index in [1.54, 1.807) is 10.9 Å². The molecule has 0 saturated carbocycles. The van der Waals surface area contributed by atoms with Gasteiger partial charge in [-0.2, -0.15) is 10.1 Å². The Bertz CT molecular complexity index is 702. The molecule has 0 unspecified atom stereocenters. The molecular weight excluding hydrogens is 266 g/mol. The van der Waals surface area contributed by atoms with Gasteiger partial charge in [-0.3, -0.25) is 0 Å². The maximum absolute atomic E-state index is 5.28. The molecule has 3 rings (SSSR count). The summed E-state index contributed by atoms with van der Waals surface area (Å²) in [6.45, 7) is 4.74. The van der Waals surface area contributed by atoms with Crippen molar-refractivity contribution in [3.8, 4) is 17.1 Å². The van der Waals surface area contributed by atoms with E-state index in [4.69, 9.17) is 4.52 Å². The molecule has 6 nitrogen and oxygen atoms in total. The first-order chi connectivity index (χ1) is 10.2. The SMILES string of the molecule is CC(C)NCc1noc(-c2cnn(-c3ccccc3)c2)n1. The van der Waals surface area contributed by atoms with Crippen LogP contribution < -0.4 is 5.32 Å². The van der Waals surface area contributed by atoms with Crippen molar-refractivity contribution in [3.63, 3.8) is 0 Å². The van der Waals surface area contributed by atoms with Gasteiger partial charge in [0.15, 0.2) is 5.82 Å². The van der Waals surface area contributed by atoms with Gasteiger partial charge in [0.25, 0.3) is 5.89 Å². The molecule has 21 heavy (non-hydrogen) atoms. The summed E-state index contributed by atoms with van der Waals surface area (Å²) >= 11 is 0. The van der Waals surface area contributed by atoms with Crippen LogP contribution in [0.2, 0.25) is 0 Å². The molecule has 0 amide bonds. The normalized spacial score (nSPS) is 11.2. The molecule has 0 radical (unpaired) electrons. The van der Waals surface area contributed by atoms with E-state index in [2.05, 4.69) is 34.4 Å². The van der Waals surface area contributed by atoms with Crippen LogP contribution in [0.4, 0.5) is 0 Å². The number of hydrogen-bond acceptors (Lipinski definition) is 5. The second-order valence-corrected chi connectivity index (χ2v) is 5.06. The van der Waals surface area contributed by atoms with E-state index in [9.17, 15) is 0 Å². The molecule has 2 aromatic heterocycles. The van der Waals surface area contributed by atoms with Gasteiger partial charge < -0.3 is 9.84 Å². The standard InChI is InChI=1S/C15H17N5O/c1-11(2)16-9-14-18-15(21-19-14)12-8-17-20(10-12)13-6-4-3-5-7-13/h3-8,10-11,16H,9H2,1-2H3. The lowest BCUT2D eigenvalue weighted by atomic mass is 10.3. The minimum Gasteiger partial charge on any atom is -0.334 e. The predicted molar refractivity (Wildman–Crippen MR) is 78.8 cm³/mol. The first-order valence-electron chi connectivity index (χ1n) is 6.89. The first kappa shape index (κ1) is 13.5. The second kappa shape index (κ2) is 5.88. The molecule has 0 bridgehead atoms. The highest BCUT2D eigenvalue weighted by atomic mass is 16.5. The van der Waals surface area contributed by atoms with Crippen LogP contribution >= 0.6 is 0 Å². The van der Waals surface area contributed by atoms with Crippen LogP contribution in [0.25, 0.3) is 17.1 Å². The molecule has 0 aliphatic carbocycles. The van der Waals surface area contributed by atoms with E-state index in [1.807, 2.05) is 36.5 Å². The highest BCUT2D eigenvalue weighted by molar-refractivity contribution is 5.51. The van der Waals surface area contributed by atoms with Gasteiger partial charge in [-0.15, -0.1) is 0 Å². The van der Waals surface area contributed by atoms with Crippen molar-refractivity contribution < 1.29 is 4.52 Å². The van der Waals surface area contributed by atoms with Gasteiger partial charge in [0.2, 0.25) is 0 Å². The Balaban J connectivity index is 1.77. The molecule has 0 fully saturated rings. The molecular formula is C15H17N5O. The van der Waals surface area contributed by atoms with Crippen molar-refractivity contribution in [1.29, 1.82) is 0 Å². The molecule has 6 heteroatoms. The molecule has 0 aliphatic heterocycles. The van der Waals surface area contributed by atoms with Crippen LogP contribution in [0.5, 0.6) is 0 Å². The topological polar surface area (TPSA) is 68.8 Å². The molecule has 108 valence electrons. The van der Waals surface area contributed by atoms with Gasteiger partial charge in [0.1, 0.15) is 0 Å². The average Bonchev–Trinajstić information content (AvgIpc) is 3.15. The maximum Gasteiger partial charge on any atom is 0.261 e.